The van der Waals surface area contributed by atoms with E-state index in [4.69, 9.17) is 0 Å². The van der Waals surface area contributed by atoms with Crippen LogP contribution in [0.4, 0.5) is 17.2 Å². The average Bonchev–Trinajstić information content (AvgIpc) is 2.49. The van der Waals surface area contributed by atoms with Crippen molar-refractivity contribution in [2.45, 2.75) is 26.2 Å². The summed E-state index contributed by atoms with van der Waals surface area (Å²) in [5.74, 6) is 0.763. The lowest BCUT2D eigenvalue weighted by molar-refractivity contribution is -0.116. The summed E-state index contributed by atoms with van der Waals surface area (Å²) in [5, 5.41) is 6.06. The molecule has 110 valence electrons. The highest BCUT2D eigenvalue weighted by molar-refractivity contribution is 9.10. The number of carbonyl (C=O) groups is 1. The van der Waals surface area contributed by atoms with E-state index in [2.05, 4.69) is 38.5 Å². The molecule has 1 aromatic carbocycles. The van der Waals surface area contributed by atoms with Crippen LogP contribution >= 0.6 is 15.9 Å². The van der Waals surface area contributed by atoms with E-state index in [0.717, 1.165) is 28.8 Å². The zero-order valence-electron chi connectivity index (χ0n) is 11.9. The lowest BCUT2D eigenvalue weighted by atomic mass is 10.2. The molecule has 0 unspecified atom stereocenters. The Balaban J connectivity index is 1.96. The molecule has 0 bridgehead atoms. The maximum atomic E-state index is 11.6. The van der Waals surface area contributed by atoms with Crippen LogP contribution in [-0.4, -0.2) is 10.9 Å². The number of amides is 1. The number of para-hydroxylation sites is 1. The van der Waals surface area contributed by atoms with E-state index < -0.39 is 0 Å². The summed E-state index contributed by atoms with van der Waals surface area (Å²) in [5.41, 5.74) is 1.67. The molecule has 0 radical (unpaired) electrons. The third kappa shape index (κ3) is 4.86. The van der Waals surface area contributed by atoms with Crippen molar-refractivity contribution in [3.05, 3.63) is 47.1 Å². The summed E-state index contributed by atoms with van der Waals surface area (Å²) < 4.78 is 0.976. The molecule has 0 saturated carbocycles. The third-order valence-corrected chi connectivity index (χ3v) is 3.63. The van der Waals surface area contributed by atoms with E-state index in [1.54, 1.807) is 6.20 Å². The van der Waals surface area contributed by atoms with Crippen molar-refractivity contribution < 1.29 is 4.79 Å². The molecule has 5 heteroatoms. The number of nitrogens with zero attached hydrogens (tertiary/aromatic N) is 1. The summed E-state index contributed by atoms with van der Waals surface area (Å²) in [6, 6.07) is 11.5. The first-order valence-corrected chi connectivity index (χ1v) is 7.76. The van der Waals surface area contributed by atoms with E-state index in [0.29, 0.717) is 12.1 Å². The van der Waals surface area contributed by atoms with Crippen molar-refractivity contribution in [3.8, 4) is 0 Å². The predicted octanol–water partition coefficient (Wildman–Crippen LogP) is 4.72. The molecule has 4 nitrogen and oxygen atoms in total. The summed E-state index contributed by atoms with van der Waals surface area (Å²) in [4.78, 5) is 15.9. The number of benzene rings is 1. The topological polar surface area (TPSA) is 54.0 Å². The quantitative estimate of drug-likeness (QED) is 0.794. The van der Waals surface area contributed by atoms with Crippen LogP contribution in [0, 0.1) is 0 Å². The first kappa shape index (κ1) is 15.5. The fourth-order valence-corrected chi connectivity index (χ4v) is 2.19. The molecule has 0 fully saturated rings. The van der Waals surface area contributed by atoms with E-state index >= 15 is 0 Å². The number of aromatic nitrogens is 1. The Labute approximate surface area is 133 Å². The van der Waals surface area contributed by atoms with Gasteiger partial charge in [-0.3, -0.25) is 4.79 Å². The molecular weight excluding hydrogens is 330 g/mol. The van der Waals surface area contributed by atoms with Crippen molar-refractivity contribution >= 4 is 39.0 Å². The van der Waals surface area contributed by atoms with Crippen LogP contribution in [0.2, 0.25) is 0 Å². The molecule has 0 aliphatic heterocycles. The van der Waals surface area contributed by atoms with E-state index in [1.165, 1.54) is 0 Å². The Morgan fingerprint density at radius 3 is 2.71 bits per heavy atom. The standard InChI is InChI=1S/C16H18BrN3O/c1-2-3-8-16(21)19-12-9-10-15(18-11-12)20-14-7-5-4-6-13(14)17/h4-7,9-11H,2-3,8H2,1H3,(H,18,20)(H,19,21). The lowest BCUT2D eigenvalue weighted by Crippen LogP contribution is -2.11. The zero-order valence-corrected chi connectivity index (χ0v) is 13.5. The van der Waals surface area contributed by atoms with Crippen LogP contribution in [0.5, 0.6) is 0 Å². The molecule has 2 rings (SSSR count). The molecule has 1 aromatic heterocycles. The monoisotopic (exact) mass is 347 g/mol. The summed E-state index contributed by atoms with van der Waals surface area (Å²) >= 11 is 3.48. The van der Waals surface area contributed by atoms with Crippen molar-refractivity contribution in [2.24, 2.45) is 0 Å². The van der Waals surface area contributed by atoms with Gasteiger partial charge in [0.05, 0.1) is 17.6 Å². The highest BCUT2D eigenvalue weighted by Gasteiger charge is 2.03. The Hall–Kier alpha value is -1.88. The van der Waals surface area contributed by atoms with Crippen molar-refractivity contribution in [1.82, 2.24) is 4.98 Å². The molecule has 0 saturated heterocycles. The maximum Gasteiger partial charge on any atom is 0.224 e. The Kier molecular flexibility index (Phi) is 5.75. The summed E-state index contributed by atoms with van der Waals surface area (Å²) in [7, 11) is 0. The van der Waals surface area contributed by atoms with Crippen LogP contribution in [0.1, 0.15) is 26.2 Å². The number of nitrogens with one attached hydrogen (secondary N) is 2. The number of unbranched alkanes of at least 4 members (excludes halogenated alkanes) is 1. The van der Waals surface area contributed by atoms with E-state index in [-0.39, 0.29) is 5.91 Å². The molecule has 0 aliphatic carbocycles. The lowest BCUT2D eigenvalue weighted by Gasteiger charge is -2.09. The molecule has 1 heterocycles. The Bertz CT molecular complexity index is 599. The van der Waals surface area contributed by atoms with Crippen molar-refractivity contribution in [3.63, 3.8) is 0 Å². The van der Waals surface area contributed by atoms with Gasteiger partial charge in [0.15, 0.2) is 0 Å². The van der Waals surface area contributed by atoms with Gasteiger partial charge in [-0.15, -0.1) is 0 Å². The molecule has 21 heavy (non-hydrogen) atoms. The SMILES string of the molecule is CCCCC(=O)Nc1ccc(Nc2ccccc2Br)nc1. The van der Waals surface area contributed by atoms with E-state index in [9.17, 15) is 4.79 Å². The van der Waals surface area contributed by atoms with Gasteiger partial charge >= 0.3 is 0 Å². The minimum absolute atomic E-state index is 0.0326. The smallest absolute Gasteiger partial charge is 0.224 e. The molecule has 2 aromatic rings. The Morgan fingerprint density at radius 1 is 1.24 bits per heavy atom. The highest BCUT2D eigenvalue weighted by Crippen LogP contribution is 2.24. The van der Waals surface area contributed by atoms with Gasteiger partial charge in [-0.2, -0.15) is 0 Å². The fourth-order valence-electron chi connectivity index (χ4n) is 1.80. The first-order chi connectivity index (χ1) is 10.2. The molecule has 0 spiro atoms. The van der Waals surface area contributed by atoms with Gasteiger partial charge in [0, 0.05) is 10.9 Å². The van der Waals surface area contributed by atoms with Gasteiger partial charge in [0.2, 0.25) is 5.91 Å². The molecule has 1 amide bonds. The van der Waals surface area contributed by atoms with Crippen LogP contribution in [-0.2, 0) is 4.79 Å². The third-order valence-electron chi connectivity index (χ3n) is 2.94. The second-order valence-electron chi connectivity index (χ2n) is 4.69. The maximum absolute atomic E-state index is 11.6. The number of pyridine rings is 1. The average molecular weight is 348 g/mol. The van der Waals surface area contributed by atoms with Gasteiger partial charge in [-0.25, -0.2) is 4.98 Å². The van der Waals surface area contributed by atoms with Crippen LogP contribution in [0.15, 0.2) is 47.1 Å². The van der Waals surface area contributed by atoms with Crippen LogP contribution in [0.3, 0.4) is 0 Å². The van der Waals surface area contributed by atoms with Gasteiger partial charge < -0.3 is 10.6 Å². The largest absolute Gasteiger partial charge is 0.339 e. The number of anilines is 3. The number of hydrogen-bond donors (Lipinski definition) is 2. The number of carbonyl (C=O) groups excluding carboxylic acids is 1. The normalized spacial score (nSPS) is 10.2. The fraction of sp³-hybridized carbons (Fsp3) is 0.250. The van der Waals surface area contributed by atoms with Crippen molar-refractivity contribution in [2.75, 3.05) is 10.6 Å². The molecule has 0 aliphatic rings. The second kappa shape index (κ2) is 7.78. The minimum atomic E-state index is 0.0326. The van der Waals surface area contributed by atoms with E-state index in [1.807, 2.05) is 36.4 Å². The summed E-state index contributed by atoms with van der Waals surface area (Å²) in [6.07, 6.45) is 4.12. The zero-order chi connectivity index (χ0) is 15.1. The number of halogens is 1. The van der Waals surface area contributed by atoms with Crippen molar-refractivity contribution in [1.29, 1.82) is 0 Å². The number of rotatable bonds is 6. The summed E-state index contributed by atoms with van der Waals surface area (Å²) in [6.45, 7) is 2.07. The van der Waals surface area contributed by atoms with Gasteiger partial charge in [0.1, 0.15) is 5.82 Å². The van der Waals surface area contributed by atoms with Crippen LogP contribution < -0.4 is 10.6 Å². The number of hydrogen-bond acceptors (Lipinski definition) is 3. The molecule has 2 N–H and O–H groups in total. The van der Waals surface area contributed by atoms with Gasteiger partial charge in [-0.1, -0.05) is 25.5 Å². The first-order valence-electron chi connectivity index (χ1n) is 6.96. The van der Waals surface area contributed by atoms with Gasteiger partial charge in [-0.05, 0) is 46.6 Å². The minimum Gasteiger partial charge on any atom is -0.339 e. The highest BCUT2D eigenvalue weighted by atomic mass is 79.9. The second-order valence-corrected chi connectivity index (χ2v) is 5.54. The molecular formula is C16H18BrN3O. The Morgan fingerprint density at radius 2 is 2.05 bits per heavy atom. The van der Waals surface area contributed by atoms with Crippen LogP contribution in [0.25, 0.3) is 0 Å². The van der Waals surface area contributed by atoms with Gasteiger partial charge in [0.25, 0.3) is 0 Å². The molecule has 0 atom stereocenters. The predicted molar refractivity (Wildman–Crippen MR) is 89.8 cm³/mol.